The van der Waals surface area contributed by atoms with Crippen molar-refractivity contribution in [2.45, 2.75) is 90.3 Å². The van der Waals surface area contributed by atoms with Gasteiger partial charge in [0.25, 0.3) is 0 Å². The van der Waals surface area contributed by atoms with Crippen molar-refractivity contribution in [2.24, 2.45) is 34.0 Å². The van der Waals surface area contributed by atoms with Crippen molar-refractivity contribution in [3.63, 3.8) is 0 Å². The molecule has 4 aliphatic carbocycles. The number of carbonyl (C=O) groups excluding carboxylic acids is 1. The molecule has 148 valence electrons. The zero-order chi connectivity index (χ0) is 19.0. The van der Waals surface area contributed by atoms with E-state index in [9.17, 15) is 15.0 Å². The summed E-state index contributed by atoms with van der Waals surface area (Å²) in [4.78, 5) is 12.6. The van der Waals surface area contributed by atoms with Gasteiger partial charge in [0.15, 0.2) is 0 Å². The van der Waals surface area contributed by atoms with E-state index in [1.54, 1.807) is 0 Å². The van der Waals surface area contributed by atoms with Gasteiger partial charge in [-0.25, -0.2) is 0 Å². The van der Waals surface area contributed by atoms with Crippen LogP contribution < -0.4 is 0 Å². The van der Waals surface area contributed by atoms with Crippen LogP contribution in [0.25, 0.3) is 0 Å². The molecule has 4 rings (SSSR count). The lowest BCUT2D eigenvalue weighted by Gasteiger charge is -2.64. The van der Waals surface area contributed by atoms with Crippen LogP contribution in [0.5, 0.6) is 0 Å². The Morgan fingerprint density at radius 2 is 1.54 bits per heavy atom. The van der Waals surface area contributed by atoms with Gasteiger partial charge in [0.2, 0.25) is 0 Å². The summed E-state index contributed by atoms with van der Waals surface area (Å²) in [6.45, 7) is 6.73. The molecule has 2 N–H and O–H groups in total. The van der Waals surface area contributed by atoms with Crippen LogP contribution in [0.3, 0.4) is 0 Å². The highest BCUT2D eigenvalue weighted by Crippen LogP contribution is 2.71. The van der Waals surface area contributed by atoms with E-state index < -0.39 is 5.60 Å². The fourth-order valence-corrected chi connectivity index (χ4v) is 8.06. The first kappa shape index (κ1) is 18.7. The third-order valence-corrected chi connectivity index (χ3v) is 10.0. The highest BCUT2D eigenvalue weighted by molar-refractivity contribution is 5.78. The zero-order valence-corrected chi connectivity index (χ0v) is 16.9. The lowest BCUT2D eigenvalue weighted by Crippen LogP contribution is -2.63. The first-order valence-electron chi connectivity index (χ1n) is 10.6. The second-order valence-corrected chi connectivity index (χ2v) is 10.6. The minimum atomic E-state index is -0.718. The molecule has 0 amide bonds. The third-order valence-electron chi connectivity index (χ3n) is 10.0. The van der Waals surface area contributed by atoms with Gasteiger partial charge in [-0.1, -0.05) is 13.8 Å². The first-order valence-corrected chi connectivity index (χ1v) is 10.6. The second-order valence-electron chi connectivity index (χ2n) is 10.6. The first-order chi connectivity index (χ1) is 12.1. The van der Waals surface area contributed by atoms with E-state index in [-0.39, 0.29) is 28.3 Å². The number of hydrogen-bond acceptors (Lipinski definition) is 4. The van der Waals surface area contributed by atoms with Crippen LogP contribution in [0.1, 0.15) is 78.6 Å². The van der Waals surface area contributed by atoms with Crippen molar-refractivity contribution in [3.8, 4) is 0 Å². The molecule has 0 aromatic rings. The number of rotatable bonds is 1. The van der Waals surface area contributed by atoms with Crippen molar-refractivity contribution < 1.29 is 19.7 Å². The Morgan fingerprint density at radius 3 is 2.23 bits per heavy atom. The number of hydrogen-bond donors (Lipinski definition) is 2. The van der Waals surface area contributed by atoms with Crippen LogP contribution >= 0.6 is 0 Å². The van der Waals surface area contributed by atoms with Crippen molar-refractivity contribution in [1.29, 1.82) is 0 Å². The van der Waals surface area contributed by atoms with E-state index in [2.05, 4.69) is 20.8 Å². The number of aliphatic hydroxyl groups excluding tert-OH is 1. The van der Waals surface area contributed by atoms with Crippen LogP contribution in [0.4, 0.5) is 0 Å². The molecule has 4 aliphatic rings. The average Bonchev–Trinajstić information content (AvgIpc) is 2.88. The van der Waals surface area contributed by atoms with Crippen LogP contribution in [-0.4, -0.2) is 35.0 Å². The molecule has 0 saturated heterocycles. The highest BCUT2D eigenvalue weighted by Gasteiger charge is 2.68. The number of esters is 1. The molecule has 0 spiro atoms. The van der Waals surface area contributed by atoms with E-state index in [4.69, 9.17) is 4.74 Å². The van der Waals surface area contributed by atoms with Crippen molar-refractivity contribution in [3.05, 3.63) is 0 Å². The van der Waals surface area contributed by atoms with E-state index >= 15 is 0 Å². The summed E-state index contributed by atoms with van der Waals surface area (Å²) in [5.41, 5.74) is -1.19. The standard InChI is InChI=1S/C22H36O4/c1-19-10-7-17-15(16(19)8-11-21(19,3)18(24)26-4)6-12-22(25)13-14(23)5-9-20(17,22)2/h14-17,23,25H,5-13H2,1-4H3/t14-,15-,16-,17-,19-,20+,21+,22+/m0/s1. The minimum absolute atomic E-state index is 0.00125. The van der Waals surface area contributed by atoms with Crippen LogP contribution in [-0.2, 0) is 9.53 Å². The molecule has 4 nitrogen and oxygen atoms in total. The second kappa shape index (κ2) is 5.70. The fourth-order valence-electron chi connectivity index (χ4n) is 8.06. The Bertz CT molecular complexity index is 605. The summed E-state index contributed by atoms with van der Waals surface area (Å²) in [5.74, 6) is 1.59. The molecular formula is C22H36O4. The average molecular weight is 365 g/mol. The lowest BCUT2D eigenvalue weighted by molar-refractivity contribution is -0.223. The normalized spacial score (nSPS) is 56.2. The molecule has 26 heavy (non-hydrogen) atoms. The summed E-state index contributed by atoms with van der Waals surface area (Å²) in [6, 6.07) is 0. The Balaban J connectivity index is 1.67. The van der Waals surface area contributed by atoms with Crippen LogP contribution in [0, 0.1) is 34.0 Å². The number of fused-ring (bicyclic) bond motifs is 5. The van der Waals surface area contributed by atoms with Gasteiger partial charge < -0.3 is 14.9 Å². The Kier molecular flexibility index (Phi) is 4.11. The molecule has 0 radical (unpaired) electrons. The number of methoxy groups -OCH3 is 1. The summed E-state index contributed by atoms with van der Waals surface area (Å²) in [7, 11) is 1.52. The molecule has 8 atom stereocenters. The molecule has 0 aromatic carbocycles. The number of ether oxygens (including phenoxy) is 1. The zero-order valence-electron chi connectivity index (χ0n) is 16.9. The molecule has 4 saturated carbocycles. The molecule has 4 heteroatoms. The smallest absolute Gasteiger partial charge is 0.312 e. The Morgan fingerprint density at radius 1 is 0.923 bits per heavy atom. The van der Waals surface area contributed by atoms with Gasteiger partial charge in [-0.2, -0.15) is 0 Å². The molecule has 0 heterocycles. The summed E-state index contributed by atoms with van der Waals surface area (Å²) in [6.07, 6.45) is 7.88. The van der Waals surface area contributed by atoms with Gasteiger partial charge in [0.1, 0.15) is 0 Å². The largest absolute Gasteiger partial charge is 0.469 e. The monoisotopic (exact) mass is 364 g/mol. The number of carbonyl (C=O) groups is 1. The van der Waals surface area contributed by atoms with Gasteiger partial charge in [0.05, 0.1) is 24.2 Å². The van der Waals surface area contributed by atoms with E-state index in [0.717, 1.165) is 51.4 Å². The van der Waals surface area contributed by atoms with E-state index in [1.807, 2.05) is 0 Å². The Labute approximate surface area is 157 Å². The molecule has 0 aromatic heterocycles. The SMILES string of the molecule is COC(=O)[C@@]1(C)CC[C@H]2[C@@H]3CC[C@@]4(O)C[C@@H](O)CC[C@]4(C)[C@H]3CC[C@@]21C. The lowest BCUT2D eigenvalue weighted by atomic mass is 9.42. The van der Waals surface area contributed by atoms with E-state index in [1.165, 1.54) is 7.11 Å². The maximum absolute atomic E-state index is 12.6. The topological polar surface area (TPSA) is 66.8 Å². The summed E-state index contributed by atoms with van der Waals surface area (Å²) >= 11 is 0. The van der Waals surface area contributed by atoms with E-state index in [0.29, 0.717) is 24.2 Å². The van der Waals surface area contributed by atoms with Gasteiger partial charge in [-0.3, -0.25) is 4.79 Å². The van der Waals surface area contributed by atoms with Crippen molar-refractivity contribution in [1.82, 2.24) is 0 Å². The quantitative estimate of drug-likeness (QED) is 0.697. The van der Waals surface area contributed by atoms with Gasteiger partial charge in [0, 0.05) is 6.42 Å². The predicted octanol–water partition coefficient (Wildman–Crippen LogP) is 3.68. The van der Waals surface area contributed by atoms with Gasteiger partial charge in [-0.05, 0) is 86.9 Å². The minimum Gasteiger partial charge on any atom is -0.469 e. The summed E-state index contributed by atoms with van der Waals surface area (Å²) in [5, 5.41) is 21.6. The molecular weight excluding hydrogens is 328 g/mol. The molecule has 0 bridgehead atoms. The number of aliphatic hydroxyl groups is 2. The van der Waals surface area contributed by atoms with Gasteiger partial charge >= 0.3 is 5.97 Å². The third kappa shape index (κ3) is 2.12. The fraction of sp³-hybridized carbons (Fsp3) is 0.955. The molecule has 0 aliphatic heterocycles. The van der Waals surface area contributed by atoms with Crippen LogP contribution in [0.2, 0.25) is 0 Å². The van der Waals surface area contributed by atoms with Crippen molar-refractivity contribution >= 4 is 5.97 Å². The maximum atomic E-state index is 12.6. The van der Waals surface area contributed by atoms with Crippen molar-refractivity contribution in [2.75, 3.05) is 7.11 Å². The molecule has 0 unspecified atom stereocenters. The predicted molar refractivity (Wildman–Crippen MR) is 99.3 cm³/mol. The maximum Gasteiger partial charge on any atom is 0.312 e. The van der Waals surface area contributed by atoms with Crippen LogP contribution in [0.15, 0.2) is 0 Å². The highest BCUT2D eigenvalue weighted by atomic mass is 16.5. The Hall–Kier alpha value is -0.610. The summed E-state index contributed by atoms with van der Waals surface area (Å²) < 4.78 is 5.21. The van der Waals surface area contributed by atoms with Gasteiger partial charge in [-0.15, -0.1) is 0 Å². The molecule has 4 fully saturated rings.